The molecular formula is C9H13N5O. The van der Waals surface area contributed by atoms with Crippen molar-refractivity contribution in [3.63, 3.8) is 0 Å². The van der Waals surface area contributed by atoms with Gasteiger partial charge in [0.15, 0.2) is 0 Å². The molecule has 0 aliphatic carbocycles. The highest BCUT2D eigenvalue weighted by molar-refractivity contribution is 5.93. The second-order valence-corrected chi connectivity index (χ2v) is 3.44. The van der Waals surface area contributed by atoms with E-state index in [2.05, 4.69) is 15.4 Å². The Labute approximate surface area is 87.5 Å². The molecule has 6 nitrogen and oxygen atoms in total. The first kappa shape index (κ1) is 9.85. The molecule has 1 aliphatic heterocycles. The van der Waals surface area contributed by atoms with Crippen molar-refractivity contribution >= 4 is 11.9 Å². The summed E-state index contributed by atoms with van der Waals surface area (Å²) in [6.45, 7) is 1.66. The smallest absolute Gasteiger partial charge is 0.256 e. The average Bonchev–Trinajstić information content (AvgIpc) is 2.82. The number of hydrogen-bond donors (Lipinski definition) is 2. The fraction of sp³-hybridized carbons (Fsp3) is 0.444. The highest BCUT2D eigenvalue weighted by Crippen LogP contribution is 2.11. The second kappa shape index (κ2) is 4.22. The SMILES string of the molecule is NNc1ncc(C(=O)N2CCCC2)cn1. The van der Waals surface area contributed by atoms with Crippen LogP contribution in [0.1, 0.15) is 23.2 Å². The molecule has 1 aliphatic rings. The summed E-state index contributed by atoms with van der Waals surface area (Å²) in [5.41, 5.74) is 2.83. The molecule has 1 fully saturated rings. The van der Waals surface area contributed by atoms with Crippen LogP contribution in [-0.2, 0) is 0 Å². The van der Waals surface area contributed by atoms with Gasteiger partial charge < -0.3 is 4.90 Å². The molecule has 1 aromatic heterocycles. The number of hydrogen-bond acceptors (Lipinski definition) is 5. The number of nitrogens with zero attached hydrogens (tertiary/aromatic N) is 3. The van der Waals surface area contributed by atoms with Crippen molar-refractivity contribution in [3.05, 3.63) is 18.0 Å². The number of nitrogens with two attached hydrogens (primary N) is 1. The van der Waals surface area contributed by atoms with Crippen molar-refractivity contribution in [2.75, 3.05) is 18.5 Å². The first-order valence-corrected chi connectivity index (χ1v) is 4.89. The molecule has 1 aromatic rings. The minimum Gasteiger partial charge on any atom is -0.339 e. The zero-order valence-corrected chi connectivity index (χ0v) is 8.31. The Hall–Kier alpha value is -1.69. The van der Waals surface area contributed by atoms with Crippen LogP contribution in [0.15, 0.2) is 12.4 Å². The number of amides is 1. The van der Waals surface area contributed by atoms with Gasteiger partial charge in [0.05, 0.1) is 5.56 Å². The van der Waals surface area contributed by atoms with E-state index >= 15 is 0 Å². The third-order valence-electron chi connectivity index (χ3n) is 2.42. The Morgan fingerprint density at radius 1 is 1.33 bits per heavy atom. The molecule has 2 heterocycles. The Morgan fingerprint density at radius 3 is 2.47 bits per heavy atom. The summed E-state index contributed by atoms with van der Waals surface area (Å²) in [6.07, 6.45) is 5.13. The van der Waals surface area contributed by atoms with E-state index in [1.165, 1.54) is 12.4 Å². The molecule has 0 bridgehead atoms. The molecule has 0 spiro atoms. The molecule has 1 amide bonds. The summed E-state index contributed by atoms with van der Waals surface area (Å²) in [5.74, 6) is 5.44. The number of anilines is 1. The molecular weight excluding hydrogens is 194 g/mol. The molecule has 0 aromatic carbocycles. The van der Waals surface area contributed by atoms with E-state index in [1.54, 1.807) is 0 Å². The van der Waals surface area contributed by atoms with Gasteiger partial charge in [-0.15, -0.1) is 0 Å². The van der Waals surface area contributed by atoms with Crippen LogP contribution in [-0.4, -0.2) is 33.9 Å². The molecule has 0 saturated carbocycles. The van der Waals surface area contributed by atoms with Gasteiger partial charge in [0, 0.05) is 25.5 Å². The predicted octanol–water partition coefficient (Wildman–Crippen LogP) is -0.00180. The molecule has 0 unspecified atom stereocenters. The number of carbonyl (C=O) groups excluding carboxylic acids is 1. The lowest BCUT2D eigenvalue weighted by Crippen LogP contribution is -2.27. The maximum Gasteiger partial charge on any atom is 0.256 e. The Morgan fingerprint density at radius 2 is 1.93 bits per heavy atom. The number of aromatic nitrogens is 2. The van der Waals surface area contributed by atoms with Gasteiger partial charge in [-0.1, -0.05) is 0 Å². The van der Waals surface area contributed by atoms with Gasteiger partial charge in [0.25, 0.3) is 5.91 Å². The minimum atomic E-state index is -0.00364. The largest absolute Gasteiger partial charge is 0.339 e. The molecule has 2 rings (SSSR count). The Bertz CT molecular complexity index is 344. The van der Waals surface area contributed by atoms with E-state index in [4.69, 9.17) is 5.84 Å². The minimum absolute atomic E-state index is 0.00364. The third kappa shape index (κ3) is 2.04. The van der Waals surface area contributed by atoms with Gasteiger partial charge in [-0.3, -0.25) is 10.2 Å². The lowest BCUT2D eigenvalue weighted by atomic mass is 10.3. The van der Waals surface area contributed by atoms with Crippen molar-refractivity contribution in [1.29, 1.82) is 0 Å². The summed E-state index contributed by atoms with van der Waals surface area (Å²) in [4.78, 5) is 21.4. The van der Waals surface area contributed by atoms with Crippen LogP contribution in [0.2, 0.25) is 0 Å². The number of likely N-dealkylation sites (tertiary alicyclic amines) is 1. The van der Waals surface area contributed by atoms with Gasteiger partial charge in [0.2, 0.25) is 5.95 Å². The van der Waals surface area contributed by atoms with Gasteiger partial charge in [0.1, 0.15) is 0 Å². The van der Waals surface area contributed by atoms with Gasteiger partial charge in [-0.25, -0.2) is 15.8 Å². The monoisotopic (exact) mass is 207 g/mol. The predicted molar refractivity (Wildman–Crippen MR) is 55.0 cm³/mol. The van der Waals surface area contributed by atoms with Crippen LogP contribution in [0.4, 0.5) is 5.95 Å². The third-order valence-corrected chi connectivity index (χ3v) is 2.42. The molecule has 80 valence electrons. The first-order chi connectivity index (χ1) is 7.31. The summed E-state index contributed by atoms with van der Waals surface area (Å²) < 4.78 is 0. The van der Waals surface area contributed by atoms with Crippen LogP contribution in [0, 0.1) is 0 Å². The molecule has 6 heteroatoms. The summed E-state index contributed by atoms with van der Waals surface area (Å²) in [7, 11) is 0. The topological polar surface area (TPSA) is 84.1 Å². The van der Waals surface area contributed by atoms with Crippen LogP contribution in [0.3, 0.4) is 0 Å². The van der Waals surface area contributed by atoms with Crippen LogP contribution < -0.4 is 11.3 Å². The van der Waals surface area contributed by atoms with Gasteiger partial charge >= 0.3 is 0 Å². The van der Waals surface area contributed by atoms with Crippen LogP contribution >= 0.6 is 0 Å². The zero-order valence-electron chi connectivity index (χ0n) is 8.31. The first-order valence-electron chi connectivity index (χ1n) is 4.89. The van der Waals surface area contributed by atoms with Gasteiger partial charge in [-0.05, 0) is 12.8 Å². The van der Waals surface area contributed by atoms with E-state index in [0.717, 1.165) is 25.9 Å². The van der Waals surface area contributed by atoms with Gasteiger partial charge in [-0.2, -0.15) is 0 Å². The Balaban J connectivity index is 2.11. The molecule has 3 N–H and O–H groups in total. The van der Waals surface area contributed by atoms with Crippen LogP contribution in [0.5, 0.6) is 0 Å². The summed E-state index contributed by atoms with van der Waals surface area (Å²) in [6, 6.07) is 0. The number of carbonyl (C=O) groups is 1. The Kier molecular flexibility index (Phi) is 2.77. The fourth-order valence-electron chi connectivity index (χ4n) is 1.62. The van der Waals surface area contributed by atoms with E-state index in [9.17, 15) is 4.79 Å². The van der Waals surface area contributed by atoms with Crippen molar-refractivity contribution in [2.24, 2.45) is 5.84 Å². The number of hydrazine groups is 1. The standard InChI is InChI=1S/C9H13N5O/c10-13-9-11-5-7(6-12-9)8(15)14-3-1-2-4-14/h5-6H,1-4,10H2,(H,11,12,13). The zero-order chi connectivity index (χ0) is 10.7. The van der Waals surface area contributed by atoms with Crippen molar-refractivity contribution in [1.82, 2.24) is 14.9 Å². The van der Waals surface area contributed by atoms with E-state index in [0.29, 0.717) is 11.5 Å². The van der Waals surface area contributed by atoms with E-state index in [-0.39, 0.29) is 5.91 Å². The lowest BCUT2D eigenvalue weighted by molar-refractivity contribution is 0.0792. The van der Waals surface area contributed by atoms with Crippen molar-refractivity contribution in [3.8, 4) is 0 Å². The normalized spacial score (nSPS) is 15.4. The number of nitrogens with one attached hydrogen (secondary N) is 1. The van der Waals surface area contributed by atoms with Crippen LogP contribution in [0.25, 0.3) is 0 Å². The molecule has 15 heavy (non-hydrogen) atoms. The fourth-order valence-corrected chi connectivity index (χ4v) is 1.62. The van der Waals surface area contributed by atoms with E-state index in [1.807, 2.05) is 4.90 Å². The highest BCUT2D eigenvalue weighted by Gasteiger charge is 2.19. The van der Waals surface area contributed by atoms with Crippen molar-refractivity contribution < 1.29 is 4.79 Å². The average molecular weight is 207 g/mol. The second-order valence-electron chi connectivity index (χ2n) is 3.44. The molecule has 0 radical (unpaired) electrons. The molecule has 1 saturated heterocycles. The number of nitrogen functional groups attached to an aromatic ring is 1. The van der Waals surface area contributed by atoms with E-state index < -0.39 is 0 Å². The maximum absolute atomic E-state index is 11.8. The highest BCUT2D eigenvalue weighted by atomic mass is 16.2. The summed E-state index contributed by atoms with van der Waals surface area (Å²) >= 11 is 0. The lowest BCUT2D eigenvalue weighted by Gasteiger charge is -2.14. The van der Waals surface area contributed by atoms with Crippen molar-refractivity contribution in [2.45, 2.75) is 12.8 Å². The summed E-state index contributed by atoms with van der Waals surface area (Å²) in [5, 5.41) is 0. The maximum atomic E-state index is 11.8. The molecule has 0 atom stereocenters. The quantitative estimate of drug-likeness (QED) is 0.526. The number of rotatable bonds is 2.